The summed E-state index contributed by atoms with van der Waals surface area (Å²) in [5.41, 5.74) is 11.0. The fourth-order valence-electron chi connectivity index (χ4n) is 1.21. The minimum atomic E-state index is 0.609. The highest BCUT2D eigenvalue weighted by Gasteiger charge is 2.04. The summed E-state index contributed by atoms with van der Waals surface area (Å²) in [6.07, 6.45) is 1.77. The van der Waals surface area contributed by atoms with Crippen molar-refractivity contribution < 1.29 is 0 Å². The highest BCUT2D eigenvalue weighted by molar-refractivity contribution is 9.10. The van der Waals surface area contributed by atoms with Crippen LogP contribution in [0.1, 0.15) is 0 Å². The van der Waals surface area contributed by atoms with Gasteiger partial charge in [0, 0.05) is 36.8 Å². The molecule has 1 rings (SSSR count). The quantitative estimate of drug-likeness (QED) is 0.811. The van der Waals surface area contributed by atoms with E-state index in [1.807, 2.05) is 12.1 Å². The molecule has 5 heteroatoms. The highest BCUT2D eigenvalue weighted by Crippen LogP contribution is 2.13. The number of pyridine rings is 1. The van der Waals surface area contributed by atoms with Crippen molar-refractivity contribution in [2.45, 2.75) is 0 Å². The van der Waals surface area contributed by atoms with Crippen LogP contribution >= 0.6 is 15.9 Å². The van der Waals surface area contributed by atoms with Gasteiger partial charge in [0.2, 0.25) is 0 Å². The van der Waals surface area contributed by atoms with Gasteiger partial charge in [-0.2, -0.15) is 0 Å². The molecule has 1 aromatic heterocycles. The Morgan fingerprint density at radius 1 is 1.21 bits per heavy atom. The van der Waals surface area contributed by atoms with Crippen molar-refractivity contribution in [1.82, 2.24) is 4.98 Å². The van der Waals surface area contributed by atoms with E-state index in [1.54, 1.807) is 6.20 Å². The fourth-order valence-corrected chi connectivity index (χ4v) is 1.44. The molecule has 0 aliphatic carbocycles. The molecular formula is C9H15BrN4. The molecular weight excluding hydrogens is 244 g/mol. The number of aromatic nitrogens is 1. The van der Waals surface area contributed by atoms with E-state index in [2.05, 4.69) is 25.8 Å². The Hall–Kier alpha value is -0.650. The lowest BCUT2D eigenvalue weighted by Gasteiger charge is -2.21. The second-order valence-electron chi connectivity index (χ2n) is 2.90. The first kappa shape index (κ1) is 11.4. The van der Waals surface area contributed by atoms with Crippen LogP contribution in [0.25, 0.3) is 0 Å². The summed E-state index contributed by atoms with van der Waals surface area (Å²) >= 11 is 3.34. The third-order valence-corrected chi connectivity index (χ3v) is 2.30. The topological polar surface area (TPSA) is 68.2 Å². The van der Waals surface area contributed by atoms with Gasteiger partial charge in [0.05, 0.1) is 0 Å². The lowest BCUT2D eigenvalue weighted by atomic mass is 10.4. The average Bonchev–Trinajstić information content (AvgIpc) is 2.19. The zero-order chi connectivity index (χ0) is 10.4. The summed E-state index contributed by atoms with van der Waals surface area (Å²) in [7, 11) is 0. The molecule has 0 bridgehead atoms. The molecule has 4 nitrogen and oxygen atoms in total. The summed E-state index contributed by atoms with van der Waals surface area (Å²) in [4.78, 5) is 6.36. The molecule has 1 heterocycles. The normalized spacial score (nSPS) is 10.2. The van der Waals surface area contributed by atoms with Gasteiger partial charge in [0.1, 0.15) is 5.82 Å². The minimum Gasteiger partial charge on any atom is -0.354 e. The molecule has 0 amide bonds. The van der Waals surface area contributed by atoms with Crippen LogP contribution in [0, 0.1) is 0 Å². The fraction of sp³-hybridized carbons (Fsp3) is 0.444. The van der Waals surface area contributed by atoms with E-state index in [0.717, 1.165) is 23.4 Å². The minimum absolute atomic E-state index is 0.609. The summed E-state index contributed by atoms with van der Waals surface area (Å²) in [6.45, 7) is 2.78. The number of nitrogens with two attached hydrogens (primary N) is 2. The van der Waals surface area contributed by atoms with E-state index in [0.29, 0.717) is 13.1 Å². The summed E-state index contributed by atoms with van der Waals surface area (Å²) in [6, 6.07) is 3.91. The Morgan fingerprint density at radius 2 is 1.86 bits per heavy atom. The molecule has 0 atom stereocenters. The third kappa shape index (κ3) is 3.25. The van der Waals surface area contributed by atoms with Crippen LogP contribution in [0.15, 0.2) is 22.8 Å². The second kappa shape index (κ2) is 5.95. The number of halogens is 1. The lowest BCUT2D eigenvalue weighted by molar-refractivity contribution is 0.770. The molecule has 0 radical (unpaired) electrons. The van der Waals surface area contributed by atoms with E-state index in [-0.39, 0.29) is 0 Å². The largest absolute Gasteiger partial charge is 0.354 e. The first-order valence-corrected chi connectivity index (χ1v) is 5.34. The molecule has 0 saturated heterocycles. The SMILES string of the molecule is NCCN(CCN)c1ccc(Br)cn1. The van der Waals surface area contributed by atoms with Gasteiger partial charge in [0.15, 0.2) is 0 Å². The Labute approximate surface area is 92.4 Å². The molecule has 78 valence electrons. The Morgan fingerprint density at radius 3 is 2.29 bits per heavy atom. The van der Waals surface area contributed by atoms with Crippen molar-refractivity contribution in [3.05, 3.63) is 22.8 Å². The van der Waals surface area contributed by atoms with Crippen LogP contribution in [0.5, 0.6) is 0 Å². The predicted molar refractivity (Wildman–Crippen MR) is 62.3 cm³/mol. The number of rotatable bonds is 5. The summed E-state index contributed by atoms with van der Waals surface area (Å²) in [5.74, 6) is 0.920. The smallest absolute Gasteiger partial charge is 0.128 e. The Balaban J connectivity index is 2.71. The molecule has 0 aromatic carbocycles. The Kier molecular flexibility index (Phi) is 4.86. The van der Waals surface area contributed by atoms with Gasteiger partial charge in [-0.3, -0.25) is 0 Å². The maximum Gasteiger partial charge on any atom is 0.128 e. The van der Waals surface area contributed by atoms with Gasteiger partial charge in [0.25, 0.3) is 0 Å². The first-order chi connectivity index (χ1) is 6.77. The zero-order valence-corrected chi connectivity index (χ0v) is 9.57. The van der Waals surface area contributed by atoms with Gasteiger partial charge in [-0.25, -0.2) is 4.98 Å². The van der Waals surface area contributed by atoms with Gasteiger partial charge in [-0.05, 0) is 28.1 Å². The number of hydrogen-bond acceptors (Lipinski definition) is 4. The van der Waals surface area contributed by atoms with Crippen LogP contribution < -0.4 is 16.4 Å². The maximum atomic E-state index is 5.51. The first-order valence-electron chi connectivity index (χ1n) is 4.54. The van der Waals surface area contributed by atoms with E-state index < -0.39 is 0 Å². The molecule has 0 aliphatic heterocycles. The standard InChI is InChI=1S/C9H15BrN4/c10-8-1-2-9(13-7-8)14(5-3-11)6-4-12/h1-2,7H,3-6,11-12H2. The summed E-state index contributed by atoms with van der Waals surface area (Å²) in [5, 5.41) is 0. The van der Waals surface area contributed by atoms with Gasteiger partial charge < -0.3 is 16.4 Å². The van der Waals surface area contributed by atoms with Gasteiger partial charge in [-0.15, -0.1) is 0 Å². The van der Waals surface area contributed by atoms with Gasteiger partial charge >= 0.3 is 0 Å². The molecule has 0 aliphatic rings. The molecule has 0 spiro atoms. The number of nitrogens with zero attached hydrogens (tertiary/aromatic N) is 2. The van der Waals surface area contributed by atoms with Crippen LogP contribution in [0.2, 0.25) is 0 Å². The molecule has 4 N–H and O–H groups in total. The molecule has 0 unspecified atom stereocenters. The van der Waals surface area contributed by atoms with Crippen molar-refractivity contribution in [2.24, 2.45) is 11.5 Å². The van der Waals surface area contributed by atoms with Crippen molar-refractivity contribution in [3.63, 3.8) is 0 Å². The van der Waals surface area contributed by atoms with Crippen molar-refractivity contribution in [3.8, 4) is 0 Å². The molecule has 14 heavy (non-hydrogen) atoms. The molecule has 0 saturated carbocycles. The molecule has 1 aromatic rings. The van der Waals surface area contributed by atoms with Gasteiger partial charge in [-0.1, -0.05) is 0 Å². The number of hydrogen-bond donors (Lipinski definition) is 2. The van der Waals surface area contributed by atoms with Crippen molar-refractivity contribution in [1.29, 1.82) is 0 Å². The second-order valence-corrected chi connectivity index (χ2v) is 3.81. The molecule has 0 fully saturated rings. The van der Waals surface area contributed by atoms with Crippen LogP contribution in [-0.4, -0.2) is 31.2 Å². The monoisotopic (exact) mass is 258 g/mol. The van der Waals surface area contributed by atoms with E-state index in [4.69, 9.17) is 11.5 Å². The van der Waals surface area contributed by atoms with E-state index >= 15 is 0 Å². The highest BCUT2D eigenvalue weighted by atomic mass is 79.9. The van der Waals surface area contributed by atoms with Crippen LogP contribution in [0.4, 0.5) is 5.82 Å². The van der Waals surface area contributed by atoms with Crippen LogP contribution in [-0.2, 0) is 0 Å². The van der Waals surface area contributed by atoms with Crippen molar-refractivity contribution in [2.75, 3.05) is 31.1 Å². The lowest BCUT2D eigenvalue weighted by Crippen LogP contribution is -2.34. The number of anilines is 1. The predicted octanol–water partition coefficient (Wildman–Crippen LogP) is 0.568. The van der Waals surface area contributed by atoms with Crippen molar-refractivity contribution >= 4 is 21.7 Å². The van der Waals surface area contributed by atoms with E-state index in [9.17, 15) is 0 Å². The summed E-state index contributed by atoms with van der Waals surface area (Å²) < 4.78 is 0.974. The van der Waals surface area contributed by atoms with E-state index in [1.165, 1.54) is 0 Å². The zero-order valence-electron chi connectivity index (χ0n) is 7.99. The third-order valence-electron chi connectivity index (χ3n) is 1.83. The Bertz CT molecular complexity index is 256. The average molecular weight is 259 g/mol. The maximum absolute atomic E-state index is 5.51. The van der Waals surface area contributed by atoms with Crippen LogP contribution in [0.3, 0.4) is 0 Å².